The van der Waals surface area contributed by atoms with Crippen molar-refractivity contribution < 1.29 is 14.2 Å². The molecule has 0 bridgehead atoms. The molecule has 0 aliphatic carbocycles. The second-order valence-corrected chi connectivity index (χ2v) is 3.77. The lowest BCUT2D eigenvalue weighted by molar-refractivity contribution is 0.349. The van der Waals surface area contributed by atoms with E-state index >= 15 is 0 Å². The van der Waals surface area contributed by atoms with Crippen LogP contribution in [0, 0.1) is 0 Å². The Bertz CT molecular complexity index is 549. The maximum Gasteiger partial charge on any atom is 0.164 e. The smallest absolute Gasteiger partial charge is 0.164 e. The molecule has 0 saturated heterocycles. The van der Waals surface area contributed by atoms with Crippen LogP contribution in [0.5, 0.6) is 17.2 Å². The molecule has 1 aromatic carbocycles. The van der Waals surface area contributed by atoms with Gasteiger partial charge in [0.2, 0.25) is 0 Å². The summed E-state index contributed by atoms with van der Waals surface area (Å²) < 4.78 is 17.8. The fraction of sp³-hybridized carbons (Fsp3) is 0.308. The summed E-state index contributed by atoms with van der Waals surface area (Å²) in [7, 11) is 6.75. The number of imidazole rings is 1. The highest BCUT2D eigenvalue weighted by Crippen LogP contribution is 2.39. The fourth-order valence-corrected chi connectivity index (χ4v) is 1.83. The number of nitrogens with zero attached hydrogens (tertiary/aromatic N) is 2. The van der Waals surface area contributed by atoms with Crippen molar-refractivity contribution in [2.24, 2.45) is 7.05 Å². The summed E-state index contributed by atoms with van der Waals surface area (Å²) in [6, 6.07) is 3.66. The molecule has 0 radical (unpaired) electrons. The first-order valence-corrected chi connectivity index (χ1v) is 5.49. The number of benzene rings is 1. The molecule has 0 fully saturated rings. The second kappa shape index (κ2) is 5.00. The molecule has 2 rings (SSSR count). The van der Waals surface area contributed by atoms with Crippen molar-refractivity contribution in [1.82, 2.24) is 9.55 Å². The first-order chi connectivity index (χ1) is 8.71. The van der Waals surface area contributed by atoms with Crippen molar-refractivity contribution in [3.8, 4) is 28.6 Å². The number of aromatic nitrogens is 2. The molecule has 0 N–H and O–H groups in total. The first kappa shape index (κ1) is 12.3. The van der Waals surface area contributed by atoms with Gasteiger partial charge in [-0.3, -0.25) is 0 Å². The van der Waals surface area contributed by atoms with E-state index in [1.165, 1.54) is 0 Å². The molecule has 0 atom stereocenters. The molecule has 18 heavy (non-hydrogen) atoms. The molecule has 5 heteroatoms. The van der Waals surface area contributed by atoms with E-state index in [2.05, 4.69) is 4.98 Å². The largest absolute Gasteiger partial charge is 0.496 e. The molecular formula is C13H16N2O3. The number of hydrogen-bond acceptors (Lipinski definition) is 4. The van der Waals surface area contributed by atoms with Gasteiger partial charge in [-0.2, -0.15) is 0 Å². The quantitative estimate of drug-likeness (QED) is 0.831. The first-order valence-electron chi connectivity index (χ1n) is 5.49. The third-order valence-electron chi connectivity index (χ3n) is 2.77. The van der Waals surface area contributed by atoms with Gasteiger partial charge in [0, 0.05) is 25.5 Å². The molecule has 0 unspecified atom stereocenters. The van der Waals surface area contributed by atoms with Gasteiger partial charge in [0.25, 0.3) is 0 Å². The summed E-state index contributed by atoms with van der Waals surface area (Å²) in [6.07, 6.45) is 3.62. The van der Waals surface area contributed by atoms with E-state index in [0.29, 0.717) is 17.2 Å². The van der Waals surface area contributed by atoms with Gasteiger partial charge in [-0.15, -0.1) is 0 Å². The molecule has 5 nitrogen and oxygen atoms in total. The predicted octanol–water partition coefficient (Wildman–Crippen LogP) is 2.11. The van der Waals surface area contributed by atoms with E-state index in [9.17, 15) is 0 Å². The normalized spacial score (nSPS) is 10.2. The van der Waals surface area contributed by atoms with Crippen LogP contribution in [0.4, 0.5) is 0 Å². The molecule has 1 aromatic heterocycles. The minimum absolute atomic E-state index is 0.632. The van der Waals surface area contributed by atoms with Crippen molar-refractivity contribution in [2.75, 3.05) is 21.3 Å². The molecule has 0 amide bonds. The van der Waals surface area contributed by atoms with E-state index < -0.39 is 0 Å². The zero-order valence-corrected chi connectivity index (χ0v) is 10.9. The predicted molar refractivity (Wildman–Crippen MR) is 68.3 cm³/mol. The minimum Gasteiger partial charge on any atom is -0.496 e. The van der Waals surface area contributed by atoms with Crippen molar-refractivity contribution >= 4 is 0 Å². The molecule has 1 heterocycles. The summed E-state index contributed by atoms with van der Waals surface area (Å²) in [5.74, 6) is 2.79. The summed E-state index contributed by atoms with van der Waals surface area (Å²) in [4.78, 5) is 4.31. The van der Waals surface area contributed by atoms with Crippen LogP contribution in [0.3, 0.4) is 0 Å². The highest BCUT2D eigenvalue weighted by molar-refractivity contribution is 5.69. The van der Waals surface area contributed by atoms with Crippen molar-refractivity contribution in [3.05, 3.63) is 24.5 Å². The van der Waals surface area contributed by atoms with Crippen LogP contribution in [0.25, 0.3) is 11.4 Å². The van der Waals surface area contributed by atoms with Gasteiger partial charge >= 0.3 is 0 Å². The SMILES string of the molecule is COc1cc(OC)c(-c2nccn2C)cc1OC. The number of ether oxygens (including phenoxy) is 3. The molecule has 0 spiro atoms. The maximum absolute atomic E-state index is 5.38. The molecule has 0 aliphatic heterocycles. The van der Waals surface area contributed by atoms with Crippen LogP contribution >= 0.6 is 0 Å². The highest BCUT2D eigenvalue weighted by atomic mass is 16.5. The van der Waals surface area contributed by atoms with Gasteiger partial charge in [-0.1, -0.05) is 0 Å². The third kappa shape index (κ3) is 1.99. The Morgan fingerprint density at radius 3 is 2.06 bits per heavy atom. The van der Waals surface area contributed by atoms with Crippen molar-refractivity contribution in [2.45, 2.75) is 0 Å². The van der Waals surface area contributed by atoms with Crippen LogP contribution in [-0.2, 0) is 7.05 Å². The summed E-state index contributed by atoms with van der Waals surface area (Å²) in [5.41, 5.74) is 0.864. The monoisotopic (exact) mass is 248 g/mol. The Kier molecular flexibility index (Phi) is 3.41. The second-order valence-electron chi connectivity index (χ2n) is 3.77. The lowest BCUT2D eigenvalue weighted by atomic mass is 10.1. The topological polar surface area (TPSA) is 45.5 Å². The van der Waals surface area contributed by atoms with Crippen molar-refractivity contribution in [1.29, 1.82) is 0 Å². The number of aryl methyl sites for hydroxylation is 1. The highest BCUT2D eigenvalue weighted by Gasteiger charge is 2.15. The van der Waals surface area contributed by atoms with E-state index in [4.69, 9.17) is 14.2 Å². The van der Waals surface area contributed by atoms with E-state index in [1.54, 1.807) is 33.6 Å². The van der Waals surface area contributed by atoms with Crippen LogP contribution in [-0.4, -0.2) is 30.9 Å². The molecule has 0 aliphatic rings. The van der Waals surface area contributed by atoms with Gasteiger partial charge in [-0.25, -0.2) is 4.98 Å². The Morgan fingerprint density at radius 2 is 1.56 bits per heavy atom. The number of methoxy groups -OCH3 is 3. The minimum atomic E-state index is 0.632. The summed E-state index contributed by atoms with van der Waals surface area (Å²) >= 11 is 0. The zero-order valence-electron chi connectivity index (χ0n) is 10.9. The lowest BCUT2D eigenvalue weighted by Gasteiger charge is -2.13. The van der Waals surface area contributed by atoms with E-state index in [0.717, 1.165) is 11.4 Å². The molecule has 2 aromatic rings. The Hall–Kier alpha value is -2.17. The van der Waals surface area contributed by atoms with Crippen LogP contribution in [0.2, 0.25) is 0 Å². The van der Waals surface area contributed by atoms with Gasteiger partial charge in [-0.05, 0) is 6.07 Å². The van der Waals surface area contributed by atoms with Gasteiger partial charge in [0.15, 0.2) is 11.5 Å². The Morgan fingerprint density at radius 1 is 0.944 bits per heavy atom. The summed E-state index contributed by atoms with van der Waals surface area (Å²) in [6.45, 7) is 0. The number of hydrogen-bond donors (Lipinski definition) is 0. The van der Waals surface area contributed by atoms with Gasteiger partial charge in [0.05, 0.1) is 26.9 Å². The third-order valence-corrected chi connectivity index (χ3v) is 2.77. The lowest BCUT2D eigenvalue weighted by Crippen LogP contribution is -1.98. The molecule has 96 valence electrons. The van der Waals surface area contributed by atoms with E-state index in [1.807, 2.05) is 23.9 Å². The zero-order chi connectivity index (χ0) is 13.1. The maximum atomic E-state index is 5.38. The van der Waals surface area contributed by atoms with Crippen LogP contribution in [0.15, 0.2) is 24.5 Å². The Balaban J connectivity index is 2.62. The Labute approximate surface area is 106 Å². The average molecular weight is 248 g/mol. The van der Waals surface area contributed by atoms with Gasteiger partial charge < -0.3 is 18.8 Å². The van der Waals surface area contributed by atoms with E-state index in [-0.39, 0.29) is 0 Å². The standard InChI is InChI=1S/C13H16N2O3/c1-15-6-5-14-13(15)9-7-11(17-3)12(18-4)8-10(9)16-2/h5-8H,1-4H3. The van der Waals surface area contributed by atoms with Crippen molar-refractivity contribution in [3.63, 3.8) is 0 Å². The van der Waals surface area contributed by atoms with Gasteiger partial charge in [0.1, 0.15) is 11.6 Å². The molecular weight excluding hydrogens is 232 g/mol. The van der Waals surface area contributed by atoms with Crippen LogP contribution in [0.1, 0.15) is 0 Å². The average Bonchev–Trinajstić information content (AvgIpc) is 2.83. The molecule has 0 saturated carbocycles. The number of rotatable bonds is 4. The van der Waals surface area contributed by atoms with Crippen LogP contribution < -0.4 is 14.2 Å². The fourth-order valence-electron chi connectivity index (χ4n) is 1.83. The summed E-state index contributed by atoms with van der Waals surface area (Å²) in [5, 5.41) is 0.